The van der Waals surface area contributed by atoms with Crippen LogP contribution < -0.4 is 0 Å². The first-order valence-electron chi connectivity index (χ1n) is 7.00. The van der Waals surface area contributed by atoms with E-state index in [4.69, 9.17) is 11.6 Å². The molecule has 0 saturated heterocycles. The first kappa shape index (κ1) is 17.5. The summed E-state index contributed by atoms with van der Waals surface area (Å²) in [6, 6.07) is 2.72. The molecule has 0 radical (unpaired) electrons. The van der Waals surface area contributed by atoms with Crippen molar-refractivity contribution in [2.24, 2.45) is 0 Å². The minimum Gasteiger partial charge on any atom is -0.290 e. The second-order valence-electron chi connectivity index (χ2n) is 5.30. The number of nitrogens with zero attached hydrogens (tertiary/aromatic N) is 4. The van der Waals surface area contributed by atoms with E-state index in [1.165, 1.54) is 17.4 Å². The summed E-state index contributed by atoms with van der Waals surface area (Å²) in [6.07, 6.45) is -0.473. The fourth-order valence-electron chi connectivity index (χ4n) is 2.34. The zero-order valence-corrected chi connectivity index (χ0v) is 14.6. The molecule has 0 unspecified atom stereocenters. The molecule has 3 heterocycles. The van der Waals surface area contributed by atoms with Crippen LogP contribution >= 0.6 is 22.9 Å². The van der Waals surface area contributed by atoms with Gasteiger partial charge in [-0.1, -0.05) is 11.6 Å². The molecule has 3 rings (SSSR count). The van der Waals surface area contributed by atoms with Crippen molar-refractivity contribution in [3.05, 3.63) is 51.0 Å². The van der Waals surface area contributed by atoms with Crippen molar-refractivity contribution in [1.29, 1.82) is 5.26 Å². The van der Waals surface area contributed by atoms with Crippen LogP contribution in [0.25, 0.3) is 16.6 Å². The molecule has 0 saturated carbocycles. The van der Waals surface area contributed by atoms with E-state index in [2.05, 4.69) is 9.97 Å². The van der Waals surface area contributed by atoms with Gasteiger partial charge in [-0.2, -0.15) is 18.4 Å². The Balaban J connectivity index is 2.12. The summed E-state index contributed by atoms with van der Waals surface area (Å²) in [5.41, 5.74) is 0.455. The summed E-state index contributed by atoms with van der Waals surface area (Å²) in [5, 5.41) is 9.20. The molecule has 0 amide bonds. The van der Waals surface area contributed by atoms with Gasteiger partial charge in [0.25, 0.3) is 0 Å². The van der Waals surface area contributed by atoms with Gasteiger partial charge in [0.1, 0.15) is 6.07 Å². The highest BCUT2D eigenvalue weighted by Gasteiger charge is 2.31. The van der Waals surface area contributed by atoms with Crippen molar-refractivity contribution in [3.8, 4) is 6.07 Å². The van der Waals surface area contributed by atoms with Crippen molar-refractivity contribution >= 4 is 39.5 Å². The fourth-order valence-corrected chi connectivity index (χ4v) is 3.48. The Morgan fingerprint density at radius 2 is 2.12 bits per heavy atom. The van der Waals surface area contributed by atoms with E-state index in [-0.39, 0.29) is 16.3 Å². The normalized spacial score (nSPS) is 12.6. The lowest BCUT2D eigenvalue weighted by Gasteiger charge is -2.08. The van der Waals surface area contributed by atoms with E-state index in [1.807, 2.05) is 23.6 Å². The first-order chi connectivity index (χ1) is 11.7. The number of fused-ring (bicyclic) bond motifs is 1. The van der Waals surface area contributed by atoms with Gasteiger partial charge in [-0.15, -0.1) is 11.3 Å². The third-order valence-corrected chi connectivity index (χ3v) is 4.67. The number of halogens is 4. The maximum atomic E-state index is 12.7. The van der Waals surface area contributed by atoms with Gasteiger partial charge in [-0.3, -0.25) is 9.38 Å². The van der Waals surface area contributed by atoms with E-state index in [1.54, 1.807) is 6.92 Å². The fraction of sp³-hybridized carbons (Fsp3) is 0.188. The molecule has 0 aliphatic heterocycles. The summed E-state index contributed by atoms with van der Waals surface area (Å²) >= 11 is 7.43. The topological polar surface area (TPSA) is 54.0 Å². The van der Waals surface area contributed by atoms with Crippen LogP contribution in [-0.2, 0) is 6.18 Å². The van der Waals surface area contributed by atoms with Crippen LogP contribution in [0.4, 0.5) is 13.2 Å². The summed E-state index contributed by atoms with van der Waals surface area (Å²) in [7, 11) is 0. The molecule has 3 aromatic heterocycles. The number of aryl methyl sites for hydroxylation is 2. The van der Waals surface area contributed by atoms with Gasteiger partial charge in [0, 0.05) is 17.3 Å². The lowest BCUT2D eigenvalue weighted by Crippen LogP contribution is -2.06. The number of hydrogen-bond acceptors (Lipinski definition) is 4. The monoisotopic (exact) mass is 382 g/mol. The Morgan fingerprint density at radius 3 is 2.72 bits per heavy atom. The number of thiazole rings is 1. The first-order valence-corrected chi connectivity index (χ1v) is 8.20. The summed E-state index contributed by atoms with van der Waals surface area (Å²) in [5.74, 6) is 0. The number of imidazole rings is 1. The lowest BCUT2D eigenvalue weighted by molar-refractivity contribution is -0.137. The van der Waals surface area contributed by atoms with Crippen LogP contribution in [0, 0.1) is 25.2 Å². The van der Waals surface area contributed by atoms with Crippen LogP contribution in [0.3, 0.4) is 0 Å². The van der Waals surface area contributed by atoms with E-state index in [0.717, 1.165) is 15.9 Å². The molecule has 0 atom stereocenters. The van der Waals surface area contributed by atoms with Crippen molar-refractivity contribution in [3.63, 3.8) is 0 Å². The van der Waals surface area contributed by atoms with Crippen LogP contribution in [0.15, 0.2) is 18.5 Å². The molecular formula is C16H10ClF3N4S. The molecule has 0 N–H and O–H groups in total. The molecule has 128 valence electrons. The molecule has 0 aliphatic rings. The van der Waals surface area contributed by atoms with Gasteiger partial charge in [0.05, 0.1) is 33.2 Å². The highest BCUT2D eigenvalue weighted by Crippen LogP contribution is 2.33. The standard InChI is InChI=1S/C16H10ClF3N4S/c1-8-7-24-13(9(2)23-15(24)25-8)3-10(5-21)14-12(17)4-11(6-22-14)16(18,19)20/h3-4,6-7H,1-2H3/b10-3+. The smallest absolute Gasteiger partial charge is 0.290 e. The van der Waals surface area contributed by atoms with Gasteiger partial charge in [0.15, 0.2) is 4.96 Å². The molecule has 0 aromatic carbocycles. The Hall–Kier alpha value is -2.37. The van der Waals surface area contributed by atoms with E-state index < -0.39 is 11.7 Å². The zero-order valence-electron chi connectivity index (χ0n) is 13.0. The van der Waals surface area contributed by atoms with Crippen LogP contribution in [-0.4, -0.2) is 14.4 Å². The maximum absolute atomic E-state index is 12.7. The Labute approximate surface area is 149 Å². The largest absolute Gasteiger partial charge is 0.417 e. The zero-order chi connectivity index (χ0) is 18.4. The van der Waals surface area contributed by atoms with Gasteiger partial charge in [-0.05, 0) is 26.0 Å². The Bertz CT molecular complexity index is 1040. The predicted octanol–water partition coefficient (Wildman–Crippen LogP) is 5.14. The second-order valence-corrected chi connectivity index (χ2v) is 6.92. The number of rotatable bonds is 2. The van der Waals surface area contributed by atoms with Crippen molar-refractivity contribution in [2.45, 2.75) is 20.0 Å². The quantitative estimate of drug-likeness (QED) is 0.576. The lowest BCUT2D eigenvalue weighted by atomic mass is 10.1. The van der Waals surface area contributed by atoms with Gasteiger partial charge < -0.3 is 0 Å². The number of nitriles is 1. The highest BCUT2D eigenvalue weighted by molar-refractivity contribution is 7.17. The third kappa shape index (κ3) is 3.25. The van der Waals surface area contributed by atoms with E-state index >= 15 is 0 Å². The minimum atomic E-state index is -4.55. The average Bonchev–Trinajstić information content (AvgIpc) is 3.00. The van der Waals surface area contributed by atoms with Crippen molar-refractivity contribution < 1.29 is 13.2 Å². The van der Waals surface area contributed by atoms with Gasteiger partial charge in [-0.25, -0.2) is 4.98 Å². The van der Waals surface area contributed by atoms with Crippen molar-refractivity contribution in [2.75, 3.05) is 0 Å². The number of aromatic nitrogens is 3. The maximum Gasteiger partial charge on any atom is 0.417 e. The Morgan fingerprint density at radius 1 is 1.40 bits per heavy atom. The molecule has 0 fully saturated rings. The molecule has 3 aromatic rings. The minimum absolute atomic E-state index is 0.00142. The highest BCUT2D eigenvalue weighted by atomic mass is 35.5. The van der Waals surface area contributed by atoms with Gasteiger partial charge >= 0.3 is 6.18 Å². The van der Waals surface area contributed by atoms with Crippen molar-refractivity contribution in [1.82, 2.24) is 14.4 Å². The molecule has 25 heavy (non-hydrogen) atoms. The molecule has 0 spiro atoms. The average molecular weight is 383 g/mol. The molecule has 0 bridgehead atoms. The third-order valence-electron chi connectivity index (χ3n) is 3.49. The number of pyridine rings is 1. The number of allylic oxidation sites excluding steroid dienone is 1. The molecule has 0 aliphatic carbocycles. The molecule has 9 heteroatoms. The van der Waals surface area contributed by atoms with Crippen LogP contribution in [0.5, 0.6) is 0 Å². The summed E-state index contributed by atoms with van der Waals surface area (Å²) < 4.78 is 40.0. The molecular weight excluding hydrogens is 373 g/mol. The second kappa shape index (κ2) is 6.17. The number of hydrogen-bond donors (Lipinski definition) is 0. The van der Waals surface area contributed by atoms with E-state index in [9.17, 15) is 18.4 Å². The van der Waals surface area contributed by atoms with Crippen LogP contribution in [0.1, 0.15) is 27.5 Å². The van der Waals surface area contributed by atoms with Crippen LogP contribution in [0.2, 0.25) is 5.02 Å². The van der Waals surface area contributed by atoms with Gasteiger partial charge in [0.2, 0.25) is 0 Å². The predicted molar refractivity (Wildman–Crippen MR) is 90.3 cm³/mol. The Kier molecular flexibility index (Phi) is 4.31. The van der Waals surface area contributed by atoms with E-state index in [0.29, 0.717) is 17.6 Å². The summed E-state index contributed by atoms with van der Waals surface area (Å²) in [4.78, 5) is 9.96. The molecule has 4 nitrogen and oxygen atoms in total. The summed E-state index contributed by atoms with van der Waals surface area (Å²) in [6.45, 7) is 3.72. The SMILES string of the molecule is Cc1cn2c(/C=C(\C#N)c3ncc(C(F)(F)F)cc3Cl)c(C)nc2s1. The number of alkyl halides is 3.